The van der Waals surface area contributed by atoms with Gasteiger partial charge in [-0.05, 0) is 25.3 Å². The van der Waals surface area contributed by atoms with E-state index in [9.17, 15) is 0 Å². The van der Waals surface area contributed by atoms with Gasteiger partial charge in [0.05, 0.1) is 11.9 Å². The van der Waals surface area contributed by atoms with Crippen molar-refractivity contribution in [3.8, 4) is 0 Å². The molecule has 0 aliphatic carbocycles. The van der Waals surface area contributed by atoms with Crippen LogP contribution >= 0.6 is 11.8 Å². The van der Waals surface area contributed by atoms with Gasteiger partial charge >= 0.3 is 0 Å². The highest BCUT2D eigenvalue weighted by Gasteiger charge is 2.31. The Balaban J connectivity index is 1.49. The van der Waals surface area contributed by atoms with Gasteiger partial charge in [0, 0.05) is 64.7 Å². The zero-order valence-corrected chi connectivity index (χ0v) is 17.9. The van der Waals surface area contributed by atoms with E-state index in [2.05, 4.69) is 65.8 Å². The molecule has 1 aromatic heterocycles. The van der Waals surface area contributed by atoms with E-state index in [4.69, 9.17) is 0 Å². The topological polar surface area (TPSA) is 11.4 Å². The third-order valence-corrected chi connectivity index (χ3v) is 7.35. The minimum atomic E-state index is 0.389. The minimum absolute atomic E-state index is 0.389. The first-order valence-corrected chi connectivity index (χ1v) is 11.4. The summed E-state index contributed by atoms with van der Waals surface area (Å²) in [5.74, 6) is 2.12. The molecule has 1 unspecified atom stereocenters. The van der Waals surface area contributed by atoms with Crippen LogP contribution in [0.15, 0.2) is 42.8 Å². The standard InChI is InChI=1S/C24H31N3S/c1-17-9-8-10-22-19(3)26(21(5)24(17)22)14-11-18(2)27-16-28-15-23(27)20(4)25-12-6-7-13-25/h8-10,23H,2-7,11-16H2,1H3. The molecule has 3 nitrogen and oxygen atoms in total. The van der Waals surface area contributed by atoms with Crippen LogP contribution in [0.2, 0.25) is 0 Å². The van der Waals surface area contributed by atoms with E-state index in [1.54, 1.807) is 0 Å². The molecule has 2 fully saturated rings. The first-order chi connectivity index (χ1) is 13.5. The lowest BCUT2D eigenvalue weighted by atomic mass is 10.1. The zero-order valence-electron chi connectivity index (χ0n) is 17.0. The van der Waals surface area contributed by atoms with Gasteiger partial charge < -0.3 is 14.4 Å². The van der Waals surface area contributed by atoms with E-state index in [1.165, 1.54) is 40.6 Å². The van der Waals surface area contributed by atoms with E-state index in [-0.39, 0.29) is 0 Å². The minimum Gasteiger partial charge on any atom is -0.374 e. The third kappa shape index (κ3) is 3.28. The number of rotatable bonds is 6. The Labute approximate surface area is 172 Å². The van der Waals surface area contributed by atoms with Crippen LogP contribution in [0, 0.1) is 6.92 Å². The first kappa shape index (κ1) is 19.3. The third-order valence-electron chi connectivity index (χ3n) is 6.33. The van der Waals surface area contributed by atoms with Crippen LogP contribution in [-0.2, 0) is 6.54 Å². The number of likely N-dealkylation sites (tertiary alicyclic amines) is 1. The van der Waals surface area contributed by atoms with Crippen molar-refractivity contribution in [2.75, 3.05) is 24.7 Å². The molecule has 4 rings (SSSR count). The molecule has 28 heavy (non-hydrogen) atoms. The van der Waals surface area contributed by atoms with Crippen molar-refractivity contribution < 1.29 is 0 Å². The van der Waals surface area contributed by atoms with Crippen LogP contribution in [0.5, 0.6) is 0 Å². The Morgan fingerprint density at radius 3 is 2.61 bits per heavy atom. The van der Waals surface area contributed by atoms with Crippen molar-refractivity contribution in [3.05, 3.63) is 59.0 Å². The second-order valence-corrected chi connectivity index (χ2v) is 9.03. The summed E-state index contributed by atoms with van der Waals surface area (Å²) in [6.45, 7) is 22.9. The maximum Gasteiger partial charge on any atom is 0.0780 e. The van der Waals surface area contributed by atoms with Crippen LogP contribution < -0.4 is 10.7 Å². The fourth-order valence-corrected chi connectivity index (χ4v) is 5.89. The summed E-state index contributed by atoms with van der Waals surface area (Å²) in [4.78, 5) is 4.94. The summed E-state index contributed by atoms with van der Waals surface area (Å²) in [6.07, 6.45) is 3.49. The summed E-state index contributed by atoms with van der Waals surface area (Å²) in [5, 5.41) is 4.59. The first-order valence-electron chi connectivity index (χ1n) is 10.2. The van der Waals surface area contributed by atoms with Gasteiger partial charge in [-0.1, -0.05) is 44.5 Å². The summed E-state index contributed by atoms with van der Waals surface area (Å²) >= 11 is 1.99. The molecule has 1 atom stereocenters. The maximum absolute atomic E-state index is 4.44. The van der Waals surface area contributed by atoms with Crippen molar-refractivity contribution >= 4 is 35.7 Å². The number of nitrogens with zero attached hydrogens (tertiary/aromatic N) is 3. The van der Waals surface area contributed by atoms with Gasteiger partial charge in [0.2, 0.25) is 0 Å². The van der Waals surface area contributed by atoms with Gasteiger partial charge in [-0.3, -0.25) is 0 Å². The quantitative estimate of drug-likeness (QED) is 0.743. The van der Waals surface area contributed by atoms with Gasteiger partial charge in [-0.25, -0.2) is 0 Å². The summed E-state index contributed by atoms with van der Waals surface area (Å²) < 4.78 is 2.26. The molecule has 148 valence electrons. The molecule has 0 amide bonds. The van der Waals surface area contributed by atoms with Gasteiger partial charge in [0.1, 0.15) is 0 Å². The molecule has 0 radical (unpaired) electrons. The molecule has 1 aromatic carbocycles. The Bertz CT molecular complexity index is 1010. The number of thioether (sulfide) groups is 1. The molecular formula is C24H31N3S. The van der Waals surface area contributed by atoms with Crippen LogP contribution in [0.3, 0.4) is 0 Å². The largest absolute Gasteiger partial charge is 0.374 e. The van der Waals surface area contributed by atoms with Crippen molar-refractivity contribution in [1.29, 1.82) is 0 Å². The molecule has 2 aromatic rings. The van der Waals surface area contributed by atoms with Crippen LogP contribution in [-0.4, -0.2) is 45.1 Å². The fourth-order valence-electron chi connectivity index (χ4n) is 4.63. The monoisotopic (exact) mass is 393 g/mol. The van der Waals surface area contributed by atoms with Crippen molar-refractivity contribution in [2.45, 2.75) is 38.8 Å². The Morgan fingerprint density at radius 2 is 1.89 bits per heavy atom. The Morgan fingerprint density at radius 1 is 1.14 bits per heavy atom. The number of fused-ring (bicyclic) bond motifs is 1. The van der Waals surface area contributed by atoms with Gasteiger partial charge in [0.25, 0.3) is 0 Å². The maximum atomic E-state index is 4.44. The summed E-state index contributed by atoms with van der Waals surface area (Å²) in [6, 6.07) is 6.79. The zero-order chi connectivity index (χ0) is 19.8. The van der Waals surface area contributed by atoms with Crippen LogP contribution in [0.4, 0.5) is 0 Å². The summed E-state index contributed by atoms with van der Waals surface area (Å²) in [5.41, 5.74) is 3.74. The predicted molar refractivity (Wildman–Crippen MR) is 124 cm³/mol. The van der Waals surface area contributed by atoms with E-state index in [1.807, 2.05) is 11.8 Å². The second kappa shape index (κ2) is 7.75. The van der Waals surface area contributed by atoms with Crippen LogP contribution in [0.25, 0.3) is 23.9 Å². The molecule has 3 heterocycles. The number of allylic oxidation sites excluding steroid dienone is 1. The molecule has 0 spiro atoms. The fraction of sp³-hybridized carbons (Fsp3) is 0.417. The number of hydrogen-bond donors (Lipinski definition) is 0. The van der Waals surface area contributed by atoms with Crippen molar-refractivity contribution in [2.24, 2.45) is 0 Å². The van der Waals surface area contributed by atoms with E-state index >= 15 is 0 Å². The summed E-state index contributed by atoms with van der Waals surface area (Å²) in [7, 11) is 0. The molecular weight excluding hydrogens is 362 g/mol. The molecule has 0 N–H and O–H groups in total. The number of aromatic nitrogens is 1. The highest BCUT2D eigenvalue weighted by molar-refractivity contribution is 7.99. The average molecular weight is 394 g/mol. The molecule has 4 heteroatoms. The van der Waals surface area contributed by atoms with Crippen molar-refractivity contribution in [3.63, 3.8) is 0 Å². The number of hydrogen-bond acceptors (Lipinski definition) is 3. The molecule has 0 bridgehead atoms. The van der Waals surface area contributed by atoms with E-state index in [0.717, 1.165) is 48.4 Å². The average Bonchev–Trinajstić information content (AvgIpc) is 3.42. The van der Waals surface area contributed by atoms with Gasteiger partial charge in [0.15, 0.2) is 0 Å². The lowest BCUT2D eigenvalue weighted by molar-refractivity contribution is 0.287. The lowest BCUT2D eigenvalue weighted by Crippen LogP contribution is -2.38. The van der Waals surface area contributed by atoms with Crippen LogP contribution in [0.1, 0.15) is 24.8 Å². The Hall–Kier alpha value is -2.07. The smallest absolute Gasteiger partial charge is 0.0780 e. The highest BCUT2D eigenvalue weighted by atomic mass is 32.2. The molecule has 0 saturated carbocycles. The van der Waals surface area contributed by atoms with E-state index < -0.39 is 0 Å². The molecule has 2 aliphatic rings. The molecule has 2 aliphatic heterocycles. The number of benzene rings is 1. The van der Waals surface area contributed by atoms with Crippen molar-refractivity contribution in [1.82, 2.24) is 14.4 Å². The lowest BCUT2D eigenvalue weighted by Gasteiger charge is -2.33. The number of aryl methyl sites for hydroxylation is 1. The Kier molecular flexibility index (Phi) is 5.33. The predicted octanol–water partition coefficient (Wildman–Crippen LogP) is 3.66. The second-order valence-electron chi connectivity index (χ2n) is 8.03. The van der Waals surface area contributed by atoms with Gasteiger partial charge in [-0.2, -0.15) is 0 Å². The van der Waals surface area contributed by atoms with Gasteiger partial charge in [-0.15, -0.1) is 11.8 Å². The van der Waals surface area contributed by atoms with E-state index in [0.29, 0.717) is 6.04 Å². The molecule has 2 saturated heterocycles. The highest BCUT2D eigenvalue weighted by Crippen LogP contribution is 2.32. The normalized spacial score (nSPS) is 19.7. The SMILES string of the molecule is C=C(C1CSCN1C(=C)CCn1c(=C)c2cccc(C)c2c1=C)N1CCCC1.